The zero-order valence-electron chi connectivity index (χ0n) is 14.0. The third-order valence-corrected chi connectivity index (χ3v) is 3.64. The maximum Gasteiger partial charge on any atom is 0.410 e. The molecular weight excluding hydrogens is 284 g/mol. The lowest BCUT2D eigenvalue weighted by Crippen LogP contribution is -2.50. The molecule has 1 N–H and O–H groups in total. The van der Waals surface area contributed by atoms with E-state index in [2.05, 4.69) is 10.3 Å². The summed E-state index contributed by atoms with van der Waals surface area (Å²) in [6, 6.07) is 0.176. The molecule has 1 aliphatic rings. The van der Waals surface area contributed by atoms with Crippen molar-refractivity contribution in [3.8, 4) is 0 Å². The molecule has 0 spiro atoms. The molecule has 1 aromatic rings. The molecule has 1 aliphatic heterocycles. The molecule has 1 aromatic heterocycles. The first-order valence-electron chi connectivity index (χ1n) is 7.73. The summed E-state index contributed by atoms with van der Waals surface area (Å²) in [7, 11) is 0. The summed E-state index contributed by atoms with van der Waals surface area (Å²) in [6.45, 7) is 10.2. The van der Waals surface area contributed by atoms with E-state index in [1.165, 1.54) is 0 Å². The molecule has 1 atom stereocenters. The van der Waals surface area contributed by atoms with Crippen LogP contribution >= 0.6 is 0 Å². The highest BCUT2D eigenvalue weighted by molar-refractivity contribution is 5.68. The molecular formula is C15H26N4O3. The summed E-state index contributed by atoms with van der Waals surface area (Å²) >= 11 is 0. The molecule has 0 aliphatic carbocycles. The Morgan fingerprint density at radius 2 is 2.14 bits per heavy atom. The highest BCUT2D eigenvalue weighted by Gasteiger charge is 2.40. The fourth-order valence-electron chi connectivity index (χ4n) is 2.47. The van der Waals surface area contributed by atoms with Crippen LogP contribution < -0.4 is 0 Å². The lowest BCUT2D eigenvalue weighted by atomic mass is 9.90. The quantitative estimate of drug-likeness (QED) is 0.904. The average molecular weight is 310 g/mol. The Morgan fingerprint density at radius 1 is 1.45 bits per heavy atom. The molecule has 1 saturated heterocycles. The average Bonchev–Trinajstić information content (AvgIpc) is 2.87. The number of aromatic nitrogens is 3. The minimum Gasteiger partial charge on any atom is -0.444 e. The van der Waals surface area contributed by atoms with Gasteiger partial charge in [-0.05, 0) is 47.5 Å². The molecule has 0 aromatic carbocycles. The molecule has 0 saturated carbocycles. The number of rotatable bonds is 2. The molecule has 2 heterocycles. The molecule has 22 heavy (non-hydrogen) atoms. The van der Waals surface area contributed by atoms with Crippen LogP contribution in [0.15, 0.2) is 6.20 Å². The number of aliphatic hydroxyl groups is 1. The Kier molecular flexibility index (Phi) is 4.47. The molecule has 0 radical (unpaired) electrons. The second-order valence-electron chi connectivity index (χ2n) is 7.21. The largest absolute Gasteiger partial charge is 0.444 e. The van der Waals surface area contributed by atoms with Crippen molar-refractivity contribution < 1.29 is 14.6 Å². The SMILES string of the molecule is CC(C)n1cc(C2(O)CCCN(C(=O)OC(C)(C)C)C2)nn1. The van der Waals surface area contributed by atoms with Crippen LogP contribution in [0, 0.1) is 0 Å². The van der Waals surface area contributed by atoms with Crippen LogP contribution in [-0.2, 0) is 10.3 Å². The maximum absolute atomic E-state index is 12.2. The van der Waals surface area contributed by atoms with Crippen LogP contribution in [0.4, 0.5) is 4.79 Å². The predicted octanol–water partition coefficient (Wildman–Crippen LogP) is 2.08. The molecule has 1 amide bonds. The number of piperidine rings is 1. The van der Waals surface area contributed by atoms with Crippen LogP contribution in [0.5, 0.6) is 0 Å². The van der Waals surface area contributed by atoms with Crippen LogP contribution in [0.25, 0.3) is 0 Å². The van der Waals surface area contributed by atoms with Crippen molar-refractivity contribution >= 4 is 6.09 Å². The van der Waals surface area contributed by atoms with E-state index in [9.17, 15) is 9.90 Å². The van der Waals surface area contributed by atoms with Crippen LogP contribution in [-0.4, -0.2) is 49.8 Å². The van der Waals surface area contributed by atoms with Crippen LogP contribution in [0.2, 0.25) is 0 Å². The van der Waals surface area contributed by atoms with Crippen molar-refractivity contribution in [1.29, 1.82) is 0 Å². The van der Waals surface area contributed by atoms with Gasteiger partial charge in [-0.25, -0.2) is 9.48 Å². The number of hydrogen-bond acceptors (Lipinski definition) is 5. The number of amides is 1. The van der Waals surface area contributed by atoms with Crippen molar-refractivity contribution in [3.63, 3.8) is 0 Å². The molecule has 0 bridgehead atoms. The van der Waals surface area contributed by atoms with Gasteiger partial charge in [0.15, 0.2) is 0 Å². The van der Waals surface area contributed by atoms with E-state index in [0.29, 0.717) is 25.1 Å². The third kappa shape index (κ3) is 3.76. The topological polar surface area (TPSA) is 80.5 Å². The normalized spacial score (nSPS) is 23.0. The second-order valence-corrected chi connectivity index (χ2v) is 7.21. The smallest absolute Gasteiger partial charge is 0.410 e. The monoisotopic (exact) mass is 310 g/mol. The standard InChI is InChI=1S/C15H26N4O3/c1-11(2)19-9-12(16-17-19)15(21)7-6-8-18(10-15)13(20)22-14(3,4)5/h9,11,21H,6-8,10H2,1-5H3. The van der Waals surface area contributed by atoms with Crippen molar-refractivity contribution in [2.24, 2.45) is 0 Å². The third-order valence-electron chi connectivity index (χ3n) is 3.64. The first-order chi connectivity index (χ1) is 10.1. The van der Waals surface area contributed by atoms with Crippen molar-refractivity contribution in [1.82, 2.24) is 19.9 Å². The summed E-state index contributed by atoms with van der Waals surface area (Å²) in [4.78, 5) is 13.7. The minimum atomic E-state index is -1.16. The van der Waals surface area contributed by atoms with E-state index in [0.717, 1.165) is 0 Å². The van der Waals surface area contributed by atoms with Crippen LogP contribution in [0.1, 0.15) is 59.2 Å². The van der Waals surface area contributed by atoms with E-state index < -0.39 is 17.3 Å². The van der Waals surface area contributed by atoms with E-state index in [1.54, 1.807) is 15.8 Å². The lowest BCUT2D eigenvalue weighted by Gasteiger charge is -2.38. The Bertz CT molecular complexity index is 535. The maximum atomic E-state index is 12.2. The Balaban J connectivity index is 2.12. The second kappa shape index (κ2) is 5.87. The van der Waals surface area contributed by atoms with Gasteiger partial charge in [0, 0.05) is 12.6 Å². The summed E-state index contributed by atoms with van der Waals surface area (Å²) in [6.07, 6.45) is 2.61. The van der Waals surface area contributed by atoms with Gasteiger partial charge in [0.1, 0.15) is 16.9 Å². The molecule has 7 nitrogen and oxygen atoms in total. The van der Waals surface area contributed by atoms with E-state index in [-0.39, 0.29) is 12.6 Å². The number of carbonyl (C=O) groups is 1. The lowest BCUT2D eigenvalue weighted by molar-refractivity contribution is -0.0489. The summed E-state index contributed by atoms with van der Waals surface area (Å²) in [5.41, 5.74) is -1.20. The van der Waals surface area contributed by atoms with Gasteiger partial charge in [0.2, 0.25) is 0 Å². The minimum absolute atomic E-state index is 0.176. The molecule has 1 unspecified atom stereocenters. The summed E-state index contributed by atoms with van der Waals surface area (Å²) in [5.74, 6) is 0. The number of carbonyl (C=O) groups excluding carboxylic acids is 1. The number of likely N-dealkylation sites (tertiary alicyclic amines) is 1. The predicted molar refractivity (Wildman–Crippen MR) is 81.3 cm³/mol. The van der Waals surface area contributed by atoms with Gasteiger partial charge in [-0.15, -0.1) is 5.10 Å². The van der Waals surface area contributed by atoms with Crippen molar-refractivity contribution in [2.75, 3.05) is 13.1 Å². The highest BCUT2D eigenvalue weighted by Crippen LogP contribution is 2.31. The van der Waals surface area contributed by atoms with E-state index >= 15 is 0 Å². The summed E-state index contributed by atoms with van der Waals surface area (Å²) < 4.78 is 7.09. The molecule has 1 fully saturated rings. The Morgan fingerprint density at radius 3 is 2.68 bits per heavy atom. The van der Waals surface area contributed by atoms with Crippen LogP contribution in [0.3, 0.4) is 0 Å². The zero-order valence-corrected chi connectivity index (χ0v) is 14.0. The van der Waals surface area contributed by atoms with Gasteiger partial charge in [-0.1, -0.05) is 5.21 Å². The first-order valence-corrected chi connectivity index (χ1v) is 7.73. The van der Waals surface area contributed by atoms with E-state index in [1.807, 2.05) is 34.6 Å². The molecule has 124 valence electrons. The van der Waals surface area contributed by atoms with E-state index in [4.69, 9.17) is 4.74 Å². The van der Waals surface area contributed by atoms with Gasteiger partial charge in [-0.2, -0.15) is 0 Å². The van der Waals surface area contributed by atoms with Gasteiger partial charge < -0.3 is 14.7 Å². The summed E-state index contributed by atoms with van der Waals surface area (Å²) in [5, 5.41) is 19.0. The first kappa shape index (κ1) is 16.7. The number of nitrogens with zero attached hydrogens (tertiary/aromatic N) is 4. The molecule has 2 rings (SSSR count). The number of β-amino-alcohol motifs (C(OH)–C–C–N with tert-alkyl or cyclic N) is 1. The van der Waals surface area contributed by atoms with Crippen molar-refractivity contribution in [2.45, 2.75) is 64.7 Å². The Labute approximate surface area is 131 Å². The number of ether oxygens (including phenoxy) is 1. The highest BCUT2D eigenvalue weighted by atomic mass is 16.6. The Hall–Kier alpha value is -1.63. The molecule has 7 heteroatoms. The fourth-order valence-corrected chi connectivity index (χ4v) is 2.47. The number of hydrogen-bond donors (Lipinski definition) is 1. The van der Waals surface area contributed by atoms with Gasteiger partial charge in [0.25, 0.3) is 0 Å². The van der Waals surface area contributed by atoms with Crippen molar-refractivity contribution in [3.05, 3.63) is 11.9 Å². The fraction of sp³-hybridized carbons (Fsp3) is 0.800. The van der Waals surface area contributed by atoms with Gasteiger partial charge in [0.05, 0.1) is 12.7 Å². The van der Waals surface area contributed by atoms with Gasteiger partial charge in [-0.3, -0.25) is 0 Å². The van der Waals surface area contributed by atoms with Gasteiger partial charge >= 0.3 is 6.09 Å². The zero-order chi connectivity index (χ0) is 16.5.